The van der Waals surface area contributed by atoms with Gasteiger partial charge in [-0.15, -0.1) is 0 Å². The minimum absolute atomic E-state index is 0.0923. The molecule has 1 fully saturated rings. The predicted octanol–water partition coefficient (Wildman–Crippen LogP) is 3.70. The van der Waals surface area contributed by atoms with Gasteiger partial charge in [-0.05, 0) is 79.6 Å². The van der Waals surface area contributed by atoms with Crippen LogP contribution >= 0.6 is 0 Å². The number of hydrogen-bond acceptors (Lipinski definition) is 8. The maximum absolute atomic E-state index is 12.7. The molecule has 0 bridgehead atoms. The number of hydrogen-bond donors (Lipinski definition) is 3. The fraction of sp³-hybridized carbons (Fsp3) is 0.296. The molecular weight excluding hydrogens is 472 g/mol. The van der Waals surface area contributed by atoms with Gasteiger partial charge in [0.2, 0.25) is 5.88 Å². The molecule has 0 saturated carbocycles. The maximum atomic E-state index is 12.7. The van der Waals surface area contributed by atoms with E-state index < -0.39 is 5.97 Å². The standard InChI is InChI=1S/C27H28N6O4/c1-16-11-19(3-4-20(16)17-6-9-33(10-7-17)15-24(34)35)30-26-25-18(5-8-29-27(25)36)12-21(32-26)22-13-28-14-23(31-22)37-2/h3-5,8,11-14,17H,6-7,9-10,15H2,1-2H3,(H,29,36)(H,30,32)(H,34,35). The van der Waals surface area contributed by atoms with Crippen LogP contribution in [0.5, 0.6) is 5.88 Å². The average molecular weight is 501 g/mol. The SMILES string of the molecule is COc1cncc(-c2cc3cc[nH]c(=O)c3c(Nc3ccc(C4CCN(CC(=O)O)CC4)c(C)c3)n2)n1. The molecule has 1 aromatic carbocycles. The van der Waals surface area contributed by atoms with Crippen LogP contribution < -0.4 is 15.6 Å². The van der Waals surface area contributed by atoms with Crippen LogP contribution in [0.25, 0.3) is 22.2 Å². The Hall–Kier alpha value is -4.31. The van der Waals surface area contributed by atoms with Crippen LogP contribution in [-0.2, 0) is 4.79 Å². The summed E-state index contributed by atoms with van der Waals surface area (Å²) in [7, 11) is 1.53. The summed E-state index contributed by atoms with van der Waals surface area (Å²) in [5.74, 6) is 0.399. The molecule has 0 radical (unpaired) electrons. The molecule has 0 amide bonds. The lowest BCUT2D eigenvalue weighted by Gasteiger charge is -2.31. The zero-order valence-corrected chi connectivity index (χ0v) is 20.7. The van der Waals surface area contributed by atoms with Gasteiger partial charge in [0.25, 0.3) is 5.56 Å². The highest BCUT2D eigenvalue weighted by molar-refractivity contribution is 5.94. The van der Waals surface area contributed by atoms with Gasteiger partial charge in [-0.25, -0.2) is 9.97 Å². The number of ether oxygens (including phenoxy) is 1. The average Bonchev–Trinajstić information content (AvgIpc) is 2.89. The first-order valence-electron chi connectivity index (χ1n) is 12.1. The monoisotopic (exact) mass is 500 g/mol. The van der Waals surface area contributed by atoms with Gasteiger partial charge in [0.1, 0.15) is 11.5 Å². The third-order valence-corrected chi connectivity index (χ3v) is 6.76. The van der Waals surface area contributed by atoms with Gasteiger partial charge in [0, 0.05) is 11.9 Å². The van der Waals surface area contributed by atoms with Crippen molar-refractivity contribution < 1.29 is 14.6 Å². The minimum Gasteiger partial charge on any atom is -0.480 e. The fourth-order valence-corrected chi connectivity index (χ4v) is 4.95. The largest absolute Gasteiger partial charge is 0.480 e. The topological polar surface area (TPSA) is 133 Å². The second-order valence-electron chi connectivity index (χ2n) is 9.21. The second kappa shape index (κ2) is 10.4. The molecule has 3 aromatic heterocycles. The van der Waals surface area contributed by atoms with Gasteiger partial charge in [-0.3, -0.25) is 19.5 Å². The molecule has 1 saturated heterocycles. The number of nitrogens with zero attached hydrogens (tertiary/aromatic N) is 4. The number of aromatic amines is 1. The van der Waals surface area contributed by atoms with E-state index in [1.165, 1.54) is 18.9 Å². The molecule has 190 valence electrons. The van der Waals surface area contributed by atoms with E-state index in [9.17, 15) is 9.59 Å². The van der Waals surface area contributed by atoms with Crippen LogP contribution in [-0.4, -0.2) is 62.7 Å². The number of likely N-dealkylation sites (tertiary alicyclic amines) is 1. The number of benzene rings is 1. The number of anilines is 2. The molecule has 1 aliphatic rings. The van der Waals surface area contributed by atoms with Crippen molar-refractivity contribution in [2.45, 2.75) is 25.7 Å². The van der Waals surface area contributed by atoms with Crippen molar-refractivity contribution >= 4 is 28.2 Å². The number of piperidine rings is 1. The molecule has 5 rings (SSSR count). The number of carboxylic acid groups (broad SMARTS) is 1. The summed E-state index contributed by atoms with van der Waals surface area (Å²) in [6.07, 6.45) is 6.58. The molecule has 1 aliphatic heterocycles. The molecule has 37 heavy (non-hydrogen) atoms. The Labute approximate surface area is 213 Å². The van der Waals surface area contributed by atoms with Crippen molar-refractivity contribution in [2.24, 2.45) is 0 Å². The summed E-state index contributed by atoms with van der Waals surface area (Å²) in [6.45, 7) is 3.71. The molecule has 3 N–H and O–H groups in total. The lowest BCUT2D eigenvalue weighted by molar-refractivity contribution is -0.138. The number of aryl methyl sites for hydroxylation is 1. The predicted molar refractivity (Wildman–Crippen MR) is 140 cm³/mol. The fourth-order valence-electron chi connectivity index (χ4n) is 4.95. The lowest BCUT2D eigenvalue weighted by Crippen LogP contribution is -2.36. The number of aromatic nitrogens is 4. The number of H-pyrrole nitrogens is 1. The molecule has 10 nitrogen and oxygen atoms in total. The Morgan fingerprint density at radius 2 is 1.97 bits per heavy atom. The Kier molecular flexibility index (Phi) is 6.82. The summed E-state index contributed by atoms with van der Waals surface area (Å²) in [6, 6.07) is 9.80. The van der Waals surface area contributed by atoms with E-state index in [0.717, 1.165) is 42.6 Å². The highest BCUT2D eigenvalue weighted by Gasteiger charge is 2.23. The Balaban J connectivity index is 1.44. The van der Waals surface area contributed by atoms with Crippen molar-refractivity contribution in [2.75, 3.05) is 32.1 Å². The van der Waals surface area contributed by atoms with E-state index in [2.05, 4.69) is 39.3 Å². The number of carbonyl (C=O) groups is 1. The maximum Gasteiger partial charge on any atom is 0.317 e. The van der Waals surface area contributed by atoms with Crippen molar-refractivity contribution in [1.29, 1.82) is 0 Å². The zero-order chi connectivity index (χ0) is 25.9. The summed E-state index contributed by atoms with van der Waals surface area (Å²) >= 11 is 0. The van der Waals surface area contributed by atoms with Gasteiger partial charge in [-0.1, -0.05) is 6.07 Å². The van der Waals surface area contributed by atoms with Gasteiger partial charge in [0.15, 0.2) is 0 Å². The quantitative estimate of drug-likeness (QED) is 0.347. The van der Waals surface area contributed by atoms with Crippen molar-refractivity contribution in [3.63, 3.8) is 0 Å². The van der Waals surface area contributed by atoms with Gasteiger partial charge in [-0.2, -0.15) is 0 Å². The summed E-state index contributed by atoms with van der Waals surface area (Å²) in [5, 5.41) is 13.6. The normalized spacial score (nSPS) is 14.5. The van der Waals surface area contributed by atoms with E-state index in [1.54, 1.807) is 12.4 Å². The molecule has 0 atom stereocenters. The first kappa shape index (κ1) is 24.4. The first-order valence-corrected chi connectivity index (χ1v) is 12.1. The minimum atomic E-state index is -0.785. The van der Waals surface area contributed by atoms with Crippen molar-refractivity contribution in [3.8, 4) is 17.3 Å². The molecule has 10 heteroatoms. The third kappa shape index (κ3) is 5.29. The molecule has 0 unspecified atom stereocenters. The van der Waals surface area contributed by atoms with Crippen LogP contribution in [0.15, 0.2) is 53.7 Å². The molecule has 0 spiro atoms. The highest BCUT2D eigenvalue weighted by atomic mass is 16.5. The summed E-state index contributed by atoms with van der Waals surface area (Å²) in [4.78, 5) is 41.8. The number of nitrogens with one attached hydrogen (secondary N) is 2. The zero-order valence-electron chi connectivity index (χ0n) is 20.7. The number of carboxylic acids is 1. The number of rotatable bonds is 7. The van der Waals surface area contributed by atoms with Crippen LogP contribution in [0, 0.1) is 6.92 Å². The van der Waals surface area contributed by atoms with Gasteiger partial charge < -0.3 is 20.1 Å². The first-order chi connectivity index (χ1) is 17.9. The van der Waals surface area contributed by atoms with E-state index in [1.807, 2.05) is 23.1 Å². The van der Waals surface area contributed by atoms with Crippen molar-refractivity contribution in [1.82, 2.24) is 24.8 Å². The number of methoxy groups -OCH3 is 1. The second-order valence-corrected chi connectivity index (χ2v) is 9.21. The highest BCUT2D eigenvalue weighted by Crippen LogP contribution is 2.33. The van der Waals surface area contributed by atoms with Crippen LogP contribution in [0.4, 0.5) is 11.5 Å². The Bertz CT molecular complexity index is 1510. The Morgan fingerprint density at radius 3 is 2.70 bits per heavy atom. The van der Waals surface area contributed by atoms with Crippen LogP contribution in [0.2, 0.25) is 0 Å². The van der Waals surface area contributed by atoms with Crippen LogP contribution in [0.1, 0.15) is 29.9 Å². The van der Waals surface area contributed by atoms with Gasteiger partial charge >= 0.3 is 5.97 Å². The number of aliphatic carboxylic acids is 1. The van der Waals surface area contributed by atoms with E-state index in [4.69, 9.17) is 14.8 Å². The van der Waals surface area contributed by atoms with Crippen molar-refractivity contribution in [3.05, 3.63) is 70.4 Å². The smallest absolute Gasteiger partial charge is 0.317 e. The van der Waals surface area contributed by atoms with E-state index in [-0.39, 0.29) is 12.1 Å². The molecule has 4 aromatic rings. The Morgan fingerprint density at radius 1 is 1.16 bits per heavy atom. The summed E-state index contributed by atoms with van der Waals surface area (Å²) in [5.41, 5.74) is 4.07. The molecule has 4 heterocycles. The summed E-state index contributed by atoms with van der Waals surface area (Å²) < 4.78 is 5.21. The number of pyridine rings is 2. The van der Waals surface area contributed by atoms with Gasteiger partial charge in [0.05, 0.1) is 37.1 Å². The number of fused-ring (bicyclic) bond motifs is 1. The van der Waals surface area contributed by atoms with E-state index in [0.29, 0.717) is 34.4 Å². The third-order valence-electron chi connectivity index (χ3n) is 6.76. The lowest BCUT2D eigenvalue weighted by atomic mass is 9.86. The molecular formula is C27H28N6O4. The molecule has 0 aliphatic carbocycles. The van der Waals surface area contributed by atoms with E-state index >= 15 is 0 Å². The van der Waals surface area contributed by atoms with Crippen LogP contribution in [0.3, 0.4) is 0 Å².